The van der Waals surface area contributed by atoms with Crippen LogP contribution in [-0.2, 0) is 18.3 Å². The van der Waals surface area contributed by atoms with Crippen LogP contribution in [0.4, 0.5) is 0 Å². The highest BCUT2D eigenvalue weighted by atomic mass is 16.5. The van der Waals surface area contributed by atoms with Crippen molar-refractivity contribution in [3.8, 4) is 5.75 Å². The van der Waals surface area contributed by atoms with Crippen molar-refractivity contribution in [2.45, 2.75) is 26.7 Å². The summed E-state index contributed by atoms with van der Waals surface area (Å²) in [5.41, 5.74) is 4.91. The smallest absolute Gasteiger partial charge is 0.335 e. The number of aromatic carboxylic acids is 1. The van der Waals surface area contributed by atoms with Gasteiger partial charge in [0.15, 0.2) is 0 Å². The number of hydrogen-bond donors (Lipinski definition) is 2. The third-order valence-electron chi connectivity index (χ3n) is 5.29. The van der Waals surface area contributed by atoms with Gasteiger partial charge < -0.3 is 19.7 Å². The quantitative estimate of drug-likeness (QED) is 0.529. The molecule has 6 heteroatoms. The lowest BCUT2D eigenvalue weighted by Gasteiger charge is -2.09. The van der Waals surface area contributed by atoms with Gasteiger partial charge in [-0.15, -0.1) is 0 Å². The number of carbonyl (C=O) groups is 2. The summed E-state index contributed by atoms with van der Waals surface area (Å²) in [4.78, 5) is 23.4. The van der Waals surface area contributed by atoms with Crippen LogP contribution in [0.2, 0.25) is 0 Å². The van der Waals surface area contributed by atoms with E-state index in [4.69, 9.17) is 4.74 Å². The second kappa shape index (κ2) is 9.51. The normalized spacial score (nSPS) is 11.5. The molecule has 3 aromatic rings. The third-order valence-corrected chi connectivity index (χ3v) is 5.29. The van der Waals surface area contributed by atoms with Crippen LogP contribution in [0.5, 0.6) is 5.75 Å². The molecule has 0 saturated heterocycles. The van der Waals surface area contributed by atoms with Crippen molar-refractivity contribution < 1.29 is 19.4 Å². The molecule has 0 radical (unpaired) electrons. The second-order valence-corrected chi connectivity index (χ2v) is 7.63. The van der Waals surface area contributed by atoms with Gasteiger partial charge in [0.25, 0.3) is 0 Å². The molecular weight excluding hydrogens is 392 g/mol. The predicted octanol–water partition coefficient (Wildman–Crippen LogP) is 4.41. The van der Waals surface area contributed by atoms with Crippen molar-refractivity contribution in [2.75, 3.05) is 13.7 Å². The van der Waals surface area contributed by atoms with Gasteiger partial charge in [-0.3, -0.25) is 4.79 Å². The van der Waals surface area contributed by atoms with Crippen LogP contribution in [-0.4, -0.2) is 35.2 Å². The van der Waals surface area contributed by atoms with E-state index in [1.54, 1.807) is 25.3 Å². The summed E-state index contributed by atoms with van der Waals surface area (Å²) in [6.07, 6.45) is 5.46. The molecule has 0 bridgehead atoms. The molecule has 0 atom stereocenters. The van der Waals surface area contributed by atoms with Gasteiger partial charge in [-0.25, -0.2) is 4.79 Å². The van der Waals surface area contributed by atoms with Crippen LogP contribution in [0.1, 0.15) is 47.3 Å². The monoisotopic (exact) mass is 420 g/mol. The van der Waals surface area contributed by atoms with Gasteiger partial charge in [0, 0.05) is 42.7 Å². The highest BCUT2D eigenvalue weighted by Crippen LogP contribution is 2.29. The van der Waals surface area contributed by atoms with E-state index < -0.39 is 5.97 Å². The zero-order valence-corrected chi connectivity index (χ0v) is 18.4. The Bertz CT molecular complexity index is 1160. The number of ether oxygens (including phenoxy) is 1. The number of nitrogens with one attached hydrogen (secondary N) is 1. The van der Waals surface area contributed by atoms with Crippen molar-refractivity contribution in [3.63, 3.8) is 0 Å². The first kappa shape index (κ1) is 22.2. The maximum Gasteiger partial charge on any atom is 0.335 e. The molecular formula is C25H28N2O4. The van der Waals surface area contributed by atoms with Crippen LogP contribution >= 0.6 is 0 Å². The molecule has 31 heavy (non-hydrogen) atoms. The van der Waals surface area contributed by atoms with Crippen LogP contribution in [0, 0.1) is 0 Å². The first-order chi connectivity index (χ1) is 14.8. The van der Waals surface area contributed by atoms with E-state index in [2.05, 4.69) is 22.1 Å². The van der Waals surface area contributed by atoms with Crippen LogP contribution in [0.15, 0.2) is 48.2 Å². The van der Waals surface area contributed by atoms with Crippen LogP contribution < -0.4 is 10.1 Å². The van der Waals surface area contributed by atoms with E-state index in [1.807, 2.05) is 39.1 Å². The van der Waals surface area contributed by atoms with Crippen molar-refractivity contribution >= 4 is 28.9 Å². The van der Waals surface area contributed by atoms with E-state index in [0.717, 1.165) is 34.0 Å². The summed E-state index contributed by atoms with van der Waals surface area (Å²) < 4.78 is 7.50. The molecule has 1 heterocycles. The fraction of sp³-hybridized carbons (Fsp3) is 0.280. The molecule has 1 aromatic heterocycles. The number of aromatic nitrogens is 1. The van der Waals surface area contributed by atoms with Gasteiger partial charge in [-0.1, -0.05) is 19.1 Å². The topological polar surface area (TPSA) is 80.6 Å². The number of rotatable bonds is 8. The zero-order valence-electron chi connectivity index (χ0n) is 18.4. The first-order valence-electron chi connectivity index (χ1n) is 10.3. The lowest BCUT2D eigenvalue weighted by atomic mass is 10.00. The number of benzene rings is 2. The third kappa shape index (κ3) is 4.97. The number of aryl methyl sites for hydroxylation is 1. The summed E-state index contributed by atoms with van der Waals surface area (Å²) in [7, 11) is 3.54. The average Bonchev–Trinajstić information content (AvgIpc) is 3.06. The molecule has 3 rings (SSSR count). The van der Waals surface area contributed by atoms with Crippen molar-refractivity contribution in [2.24, 2.45) is 7.05 Å². The predicted molar refractivity (Wildman–Crippen MR) is 123 cm³/mol. The fourth-order valence-corrected chi connectivity index (χ4v) is 3.64. The van der Waals surface area contributed by atoms with Crippen molar-refractivity contribution in [1.29, 1.82) is 0 Å². The second-order valence-electron chi connectivity index (χ2n) is 7.63. The number of methoxy groups -OCH3 is 1. The molecule has 0 spiro atoms. The standard InChI is InChI=1S/C25H28N2O4/c1-5-10-26-24(28)16(2)11-17-6-9-22-21(12-17)20(15-27(22)3)13-18-7-8-19(25(29)30)14-23(18)31-4/h6-9,11-12,14-15H,5,10,13H2,1-4H3,(H,26,28)(H,29,30)/b16-11+. The number of nitrogens with zero attached hydrogens (tertiary/aromatic N) is 1. The summed E-state index contributed by atoms with van der Waals surface area (Å²) >= 11 is 0. The lowest BCUT2D eigenvalue weighted by Crippen LogP contribution is -2.24. The number of carboxylic acid groups (broad SMARTS) is 1. The van der Waals surface area contributed by atoms with Crippen LogP contribution in [0.25, 0.3) is 17.0 Å². The Kier molecular flexibility index (Phi) is 6.80. The summed E-state index contributed by atoms with van der Waals surface area (Å²) in [6, 6.07) is 11.1. The molecule has 0 unspecified atom stereocenters. The minimum absolute atomic E-state index is 0.0570. The van der Waals surface area contributed by atoms with E-state index in [0.29, 0.717) is 24.3 Å². The maximum atomic E-state index is 12.2. The van der Waals surface area contributed by atoms with Crippen molar-refractivity contribution in [3.05, 3.63) is 70.4 Å². The van der Waals surface area contributed by atoms with Gasteiger partial charge in [0.1, 0.15) is 5.75 Å². The molecule has 2 N–H and O–H groups in total. The Morgan fingerprint density at radius 2 is 1.94 bits per heavy atom. The van der Waals surface area contributed by atoms with E-state index in [-0.39, 0.29) is 11.5 Å². The number of amides is 1. The Balaban J connectivity index is 1.96. The largest absolute Gasteiger partial charge is 0.496 e. The molecule has 6 nitrogen and oxygen atoms in total. The number of carboxylic acids is 1. The zero-order chi connectivity index (χ0) is 22.5. The van der Waals surface area contributed by atoms with Gasteiger partial charge in [-0.05, 0) is 60.4 Å². The minimum Gasteiger partial charge on any atom is -0.496 e. The summed E-state index contributed by atoms with van der Waals surface area (Å²) in [6.45, 7) is 4.50. The van der Waals surface area contributed by atoms with E-state index in [9.17, 15) is 14.7 Å². The summed E-state index contributed by atoms with van der Waals surface area (Å²) in [5, 5.41) is 13.2. The molecule has 0 saturated carbocycles. The number of carbonyl (C=O) groups excluding carboxylic acids is 1. The van der Waals surface area contributed by atoms with Gasteiger partial charge in [-0.2, -0.15) is 0 Å². The Morgan fingerprint density at radius 1 is 1.16 bits per heavy atom. The molecule has 162 valence electrons. The molecule has 0 aliphatic heterocycles. The van der Waals surface area contributed by atoms with E-state index in [1.165, 1.54) is 0 Å². The van der Waals surface area contributed by atoms with Crippen LogP contribution in [0.3, 0.4) is 0 Å². The van der Waals surface area contributed by atoms with Gasteiger partial charge >= 0.3 is 5.97 Å². The minimum atomic E-state index is -0.982. The van der Waals surface area contributed by atoms with Crippen molar-refractivity contribution in [1.82, 2.24) is 9.88 Å². The Labute approximate surface area is 182 Å². The molecule has 0 aliphatic carbocycles. The highest BCUT2D eigenvalue weighted by Gasteiger charge is 2.13. The van der Waals surface area contributed by atoms with Gasteiger partial charge in [0.2, 0.25) is 5.91 Å². The number of fused-ring (bicyclic) bond motifs is 1. The Morgan fingerprint density at radius 3 is 2.61 bits per heavy atom. The Hall–Kier alpha value is -3.54. The molecule has 2 aromatic carbocycles. The summed E-state index contributed by atoms with van der Waals surface area (Å²) in [5.74, 6) is -0.486. The SMILES string of the molecule is CCCNC(=O)/C(C)=C/c1ccc2c(c1)c(Cc1ccc(C(=O)O)cc1OC)cn2C. The molecule has 0 fully saturated rings. The molecule has 1 amide bonds. The fourth-order valence-electron chi connectivity index (χ4n) is 3.64. The van der Waals surface area contributed by atoms with E-state index >= 15 is 0 Å². The van der Waals surface area contributed by atoms with Gasteiger partial charge in [0.05, 0.1) is 12.7 Å². The number of hydrogen-bond acceptors (Lipinski definition) is 3. The molecule has 0 aliphatic rings. The average molecular weight is 421 g/mol. The maximum absolute atomic E-state index is 12.2. The first-order valence-corrected chi connectivity index (χ1v) is 10.3. The lowest BCUT2D eigenvalue weighted by molar-refractivity contribution is -0.117. The highest BCUT2D eigenvalue weighted by molar-refractivity contribution is 5.98.